The highest BCUT2D eigenvalue weighted by Crippen LogP contribution is 2.12. The third-order valence-corrected chi connectivity index (χ3v) is 2.98. The lowest BCUT2D eigenvalue weighted by atomic mass is 10.1. The van der Waals surface area contributed by atoms with Crippen LogP contribution < -0.4 is 10.6 Å². The molecule has 16 heavy (non-hydrogen) atoms. The van der Waals surface area contributed by atoms with Crippen LogP contribution in [0.3, 0.4) is 0 Å². The van der Waals surface area contributed by atoms with Crippen molar-refractivity contribution in [1.29, 1.82) is 0 Å². The van der Waals surface area contributed by atoms with E-state index in [1.165, 1.54) is 19.4 Å². The predicted molar refractivity (Wildman–Crippen MR) is 65.6 cm³/mol. The van der Waals surface area contributed by atoms with Crippen LogP contribution in [0.2, 0.25) is 0 Å². The zero-order valence-corrected chi connectivity index (χ0v) is 10.1. The molecule has 0 aliphatic carbocycles. The Morgan fingerprint density at radius 2 is 2.12 bits per heavy atom. The molecule has 1 saturated heterocycles. The van der Waals surface area contributed by atoms with Crippen molar-refractivity contribution in [3.8, 4) is 0 Å². The quantitative estimate of drug-likeness (QED) is 0.807. The maximum atomic E-state index is 4.36. The summed E-state index contributed by atoms with van der Waals surface area (Å²) < 4.78 is 0. The van der Waals surface area contributed by atoms with Crippen LogP contribution in [-0.2, 0) is 0 Å². The molecule has 2 rings (SSSR count). The summed E-state index contributed by atoms with van der Waals surface area (Å²) in [5, 5.41) is 6.68. The first kappa shape index (κ1) is 11.3. The van der Waals surface area contributed by atoms with Gasteiger partial charge in [-0.05, 0) is 51.8 Å². The number of aromatic nitrogens is 2. The Morgan fingerprint density at radius 1 is 1.38 bits per heavy atom. The van der Waals surface area contributed by atoms with Crippen molar-refractivity contribution in [1.82, 2.24) is 15.3 Å². The summed E-state index contributed by atoms with van der Waals surface area (Å²) in [6.45, 7) is 7.30. The number of nitrogens with zero attached hydrogens (tertiary/aromatic N) is 2. The molecular formula is C12H20N4. The van der Waals surface area contributed by atoms with Gasteiger partial charge in [-0.1, -0.05) is 0 Å². The van der Waals surface area contributed by atoms with Gasteiger partial charge in [-0.15, -0.1) is 0 Å². The molecule has 0 saturated carbocycles. The first-order valence-corrected chi connectivity index (χ1v) is 6.01. The van der Waals surface area contributed by atoms with E-state index in [4.69, 9.17) is 0 Å². The zero-order chi connectivity index (χ0) is 11.4. The largest absolute Gasteiger partial charge is 0.354 e. The summed E-state index contributed by atoms with van der Waals surface area (Å²) >= 11 is 0. The third kappa shape index (κ3) is 3.17. The predicted octanol–water partition coefficient (Wildman–Crippen LogP) is 1.50. The van der Waals surface area contributed by atoms with E-state index in [0.717, 1.165) is 36.3 Å². The average molecular weight is 220 g/mol. The SMILES string of the molecule is Cc1cc(C)nc(NCCC2CCNC2)n1. The lowest BCUT2D eigenvalue weighted by Gasteiger charge is -2.09. The van der Waals surface area contributed by atoms with Crippen molar-refractivity contribution < 1.29 is 0 Å². The molecule has 2 N–H and O–H groups in total. The minimum absolute atomic E-state index is 0.767. The van der Waals surface area contributed by atoms with E-state index in [2.05, 4.69) is 20.6 Å². The topological polar surface area (TPSA) is 49.8 Å². The molecule has 0 bridgehead atoms. The second-order valence-electron chi connectivity index (χ2n) is 4.55. The molecule has 0 radical (unpaired) electrons. The van der Waals surface area contributed by atoms with Gasteiger partial charge in [0.05, 0.1) is 0 Å². The first-order chi connectivity index (χ1) is 7.74. The van der Waals surface area contributed by atoms with Crippen molar-refractivity contribution >= 4 is 5.95 Å². The molecule has 1 atom stereocenters. The van der Waals surface area contributed by atoms with Gasteiger partial charge in [-0.2, -0.15) is 0 Å². The first-order valence-electron chi connectivity index (χ1n) is 6.01. The summed E-state index contributed by atoms with van der Waals surface area (Å²) in [6, 6.07) is 1.99. The van der Waals surface area contributed by atoms with Crippen LogP contribution in [0.4, 0.5) is 5.95 Å². The van der Waals surface area contributed by atoms with E-state index < -0.39 is 0 Å². The molecule has 1 aromatic heterocycles. The summed E-state index contributed by atoms with van der Waals surface area (Å²) in [5.41, 5.74) is 2.05. The molecule has 1 fully saturated rings. The standard InChI is InChI=1S/C12H20N4/c1-9-7-10(2)16-12(15-9)14-6-4-11-3-5-13-8-11/h7,11,13H,3-6,8H2,1-2H3,(H,14,15,16). The van der Waals surface area contributed by atoms with Crippen molar-refractivity contribution in [2.45, 2.75) is 26.7 Å². The van der Waals surface area contributed by atoms with Crippen LogP contribution in [0.25, 0.3) is 0 Å². The Morgan fingerprint density at radius 3 is 2.75 bits per heavy atom. The fourth-order valence-corrected chi connectivity index (χ4v) is 2.15. The molecule has 4 nitrogen and oxygen atoms in total. The van der Waals surface area contributed by atoms with Gasteiger partial charge in [0.15, 0.2) is 0 Å². The van der Waals surface area contributed by atoms with Gasteiger partial charge in [-0.25, -0.2) is 9.97 Å². The Balaban J connectivity index is 1.80. The van der Waals surface area contributed by atoms with E-state index in [9.17, 15) is 0 Å². The van der Waals surface area contributed by atoms with Crippen LogP contribution in [-0.4, -0.2) is 29.6 Å². The van der Waals surface area contributed by atoms with Gasteiger partial charge in [0, 0.05) is 17.9 Å². The van der Waals surface area contributed by atoms with Gasteiger partial charge in [0.25, 0.3) is 0 Å². The third-order valence-electron chi connectivity index (χ3n) is 2.98. The number of nitrogens with one attached hydrogen (secondary N) is 2. The van der Waals surface area contributed by atoms with Crippen LogP contribution in [0.1, 0.15) is 24.2 Å². The molecule has 0 spiro atoms. The molecule has 2 heterocycles. The number of aryl methyl sites for hydroxylation is 2. The lowest BCUT2D eigenvalue weighted by Crippen LogP contribution is -2.14. The number of anilines is 1. The Kier molecular flexibility index (Phi) is 3.72. The maximum absolute atomic E-state index is 4.36. The van der Waals surface area contributed by atoms with Crippen LogP contribution in [0.5, 0.6) is 0 Å². The number of hydrogen-bond donors (Lipinski definition) is 2. The minimum Gasteiger partial charge on any atom is -0.354 e. The lowest BCUT2D eigenvalue weighted by molar-refractivity contribution is 0.548. The Labute approximate surface area is 96.9 Å². The fourth-order valence-electron chi connectivity index (χ4n) is 2.15. The second-order valence-corrected chi connectivity index (χ2v) is 4.55. The molecule has 0 amide bonds. The summed E-state index contributed by atoms with van der Waals surface area (Å²) in [6.07, 6.45) is 2.50. The highest BCUT2D eigenvalue weighted by molar-refractivity contribution is 5.27. The Bertz CT molecular complexity index is 325. The minimum atomic E-state index is 0.767. The molecule has 1 aliphatic rings. The van der Waals surface area contributed by atoms with E-state index in [1.54, 1.807) is 0 Å². The summed E-state index contributed by atoms with van der Waals surface area (Å²) in [7, 11) is 0. The summed E-state index contributed by atoms with van der Waals surface area (Å²) in [4.78, 5) is 8.72. The fraction of sp³-hybridized carbons (Fsp3) is 0.667. The van der Waals surface area contributed by atoms with Crippen LogP contribution in [0, 0.1) is 19.8 Å². The average Bonchev–Trinajstić information content (AvgIpc) is 2.69. The normalized spacial score (nSPS) is 20.0. The van der Waals surface area contributed by atoms with Gasteiger partial charge < -0.3 is 10.6 Å². The Hall–Kier alpha value is -1.16. The van der Waals surface area contributed by atoms with Crippen molar-refractivity contribution in [2.75, 3.05) is 25.0 Å². The number of rotatable bonds is 4. The van der Waals surface area contributed by atoms with Crippen molar-refractivity contribution in [3.63, 3.8) is 0 Å². The van der Waals surface area contributed by atoms with E-state index in [0.29, 0.717) is 0 Å². The molecule has 88 valence electrons. The van der Waals surface area contributed by atoms with Crippen LogP contribution in [0.15, 0.2) is 6.07 Å². The van der Waals surface area contributed by atoms with Crippen molar-refractivity contribution in [3.05, 3.63) is 17.5 Å². The van der Waals surface area contributed by atoms with E-state index in [-0.39, 0.29) is 0 Å². The molecule has 1 aromatic rings. The molecule has 0 aromatic carbocycles. The number of hydrogen-bond acceptors (Lipinski definition) is 4. The molecule has 1 unspecified atom stereocenters. The van der Waals surface area contributed by atoms with Gasteiger partial charge in [0.2, 0.25) is 5.95 Å². The molecular weight excluding hydrogens is 200 g/mol. The molecule has 4 heteroatoms. The highest BCUT2D eigenvalue weighted by atomic mass is 15.1. The van der Waals surface area contributed by atoms with Gasteiger partial charge in [-0.3, -0.25) is 0 Å². The summed E-state index contributed by atoms with van der Waals surface area (Å²) in [5.74, 6) is 1.59. The van der Waals surface area contributed by atoms with Crippen molar-refractivity contribution in [2.24, 2.45) is 5.92 Å². The van der Waals surface area contributed by atoms with Gasteiger partial charge in [0.1, 0.15) is 0 Å². The van der Waals surface area contributed by atoms with Gasteiger partial charge >= 0.3 is 0 Å². The highest BCUT2D eigenvalue weighted by Gasteiger charge is 2.13. The zero-order valence-electron chi connectivity index (χ0n) is 10.1. The van der Waals surface area contributed by atoms with E-state index >= 15 is 0 Å². The maximum Gasteiger partial charge on any atom is 0.223 e. The smallest absolute Gasteiger partial charge is 0.223 e. The van der Waals surface area contributed by atoms with E-state index in [1.807, 2.05) is 19.9 Å². The molecule has 1 aliphatic heterocycles. The monoisotopic (exact) mass is 220 g/mol. The second kappa shape index (κ2) is 5.25. The van der Waals surface area contributed by atoms with Crippen LogP contribution >= 0.6 is 0 Å².